The lowest BCUT2D eigenvalue weighted by Gasteiger charge is -2.17. The third kappa shape index (κ3) is 3.50. The number of benzene rings is 4. The Hall–Kier alpha value is -3.85. The van der Waals surface area contributed by atoms with E-state index in [1.165, 1.54) is 10.8 Å². The summed E-state index contributed by atoms with van der Waals surface area (Å²) in [6.45, 7) is 5.74. The number of para-hydroxylation sites is 2. The van der Waals surface area contributed by atoms with Crippen molar-refractivity contribution in [1.29, 1.82) is 0 Å². The summed E-state index contributed by atoms with van der Waals surface area (Å²) in [5.74, 6) is 0.798. The van der Waals surface area contributed by atoms with E-state index in [2.05, 4.69) is 47.0 Å². The van der Waals surface area contributed by atoms with Gasteiger partial charge in [-0.2, -0.15) is 0 Å². The van der Waals surface area contributed by atoms with Crippen LogP contribution in [-0.4, -0.2) is 9.55 Å². The lowest BCUT2D eigenvalue weighted by molar-refractivity contribution is 0.411. The average Bonchev–Trinajstić information content (AvgIpc) is 3.44. The Bertz CT molecular complexity index is 1720. The highest BCUT2D eigenvalue weighted by Gasteiger charge is 2.19. The van der Waals surface area contributed by atoms with Crippen molar-refractivity contribution >= 4 is 32.8 Å². The molecule has 2 aromatic heterocycles. The molecular weight excluding hydrogens is 404 g/mol. The summed E-state index contributed by atoms with van der Waals surface area (Å²) in [5, 5.41) is 3.27. The Morgan fingerprint density at radius 3 is 2.52 bits per heavy atom. The van der Waals surface area contributed by atoms with E-state index in [-0.39, 0.29) is 0 Å². The first-order valence-electron chi connectivity index (χ1n) is 12.2. The smallest absolute Gasteiger partial charge is 0.149 e. The van der Waals surface area contributed by atoms with Crippen molar-refractivity contribution in [3.05, 3.63) is 96.8 Å². The van der Waals surface area contributed by atoms with Crippen LogP contribution in [-0.2, 0) is 6.37 Å². The highest BCUT2D eigenvalue weighted by Crippen LogP contribution is 2.36. The maximum absolute atomic E-state index is 8.66. The molecule has 0 unspecified atom stereocenters. The predicted octanol–water partition coefficient (Wildman–Crippen LogP) is 8.18. The van der Waals surface area contributed by atoms with Crippen molar-refractivity contribution < 1.29 is 7.16 Å². The summed E-state index contributed by atoms with van der Waals surface area (Å²) in [6, 6.07) is 28.6. The van der Waals surface area contributed by atoms with E-state index >= 15 is 0 Å². The lowest BCUT2D eigenvalue weighted by Crippen LogP contribution is -2.08. The highest BCUT2D eigenvalue weighted by molar-refractivity contribution is 5.96. The number of hydrogen-bond donors (Lipinski definition) is 0. The van der Waals surface area contributed by atoms with Crippen LogP contribution >= 0.6 is 0 Å². The molecule has 3 nitrogen and oxygen atoms in total. The van der Waals surface area contributed by atoms with Gasteiger partial charge in [-0.25, -0.2) is 4.98 Å². The molecule has 33 heavy (non-hydrogen) atoms. The third-order valence-electron chi connectivity index (χ3n) is 5.89. The monoisotopic (exact) mass is 432 g/mol. The van der Waals surface area contributed by atoms with Gasteiger partial charge in [0.05, 0.1) is 16.6 Å². The van der Waals surface area contributed by atoms with E-state index in [0.717, 1.165) is 33.5 Å². The fourth-order valence-electron chi connectivity index (χ4n) is 4.50. The minimum atomic E-state index is -1.49. The lowest BCUT2D eigenvalue weighted by atomic mass is 9.88. The summed E-state index contributed by atoms with van der Waals surface area (Å²) in [5.41, 5.74) is 4.57. The van der Waals surface area contributed by atoms with Crippen molar-refractivity contribution in [2.75, 3.05) is 0 Å². The van der Waals surface area contributed by atoms with Crippen LogP contribution in [0.1, 0.15) is 29.1 Å². The molecule has 0 fully saturated rings. The minimum absolute atomic E-state index is 0.542. The minimum Gasteiger partial charge on any atom is -0.464 e. The second-order valence-electron chi connectivity index (χ2n) is 9.53. The molecular formula is C30H26N2O. The summed E-state index contributed by atoms with van der Waals surface area (Å²) >= 11 is 0. The second-order valence-corrected chi connectivity index (χ2v) is 9.53. The molecule has 2 heterocycles. The third-order valence-corrected chi connectivity index (χ3v) is 5.89. The van der Waals surface area contributed by atoms with Gasteiger partial charge >= 0.3 is 0 Å². The van der Waals surface area contributed by atoms with Gasteiger partial charge in [-0.1, -0.05) is 75.4 Å². The number of furan rings is 1. The van der Waals surface area contributed by atoms with Crippen molar-refractivity contribution in [3.8, 4) is 17.1 Å². The van der Waals surface area contributed by atoms with Crippen LogP contribution in [0, 0.1) is 5.41 Å². The molecule has 6 aromatic rings. The first-order valence-corrected chi connectivity index (χ1v) is 11.2. The number of hydrogen-bond acceptors (Lipinski definition) is 2. The van der Waals surface area contributed by atoms with Gasteiger partial charge in [0.25, 0.3) is 0 Å². The Morgan fingerprint density at radius 2 is 1.67 bits per heavy atom. The highest BCUT2D eigenvalue weighted by atomic mass is 16.3. The Kier molecular flexibility index (Phi) is 3.93. The van der Waals surface area contributed by atoms with Crippen LogP contribution in [0.2, 0.25) is 0 Å². The summed E-state index contributed by atoms with van der Waals surface area (Å²) in [4.78, 5) is 5.00. The molecule has 3 heteroatoms. The Labute approximate surface area is 196 Å². The number of nitrogens with zero attached hydrogens (tertiary/aromatic N) is 2. The number of rotatable bonds is 3. The molecule has 0 aliphatic heterocycles. The van der Waals surface area contributed by atoms with Crippen LogP contribution in [0.3, 0.4) is 0 Å². The topological polar surface area (TPSA) is 31.0 Å². The number of fused-ring (bicyclic) bond motifs is 3. The van der Waals surface area contributed by atoms with Gasteiger partial charge in [0, 0.05) is 13.8 Å². The van der Waals surface area contributed by atoms with Crippen molar-refractivity contribution in [1.82, 2.24) is 9.55 Å². The van der Waals surface area contributed by atoms with Crippen molar-refractivity contribution in [2.24, 2.45) is 5.41 Å². The molecule has 0 aliphatic carbocycles. The van der Waals surface area contributed by atoms with Gasteiger partial charge in [0.2, 0.25) is 0 Å². The molecule has 0 atom stereocenters. The van der Waals surface area contributed by atoms with Crippen LogP contribution < -0.4 is 0 Å². The molecule has 4 aromatic carbocycles. The van der Waals surface area contributed by atoms with Crippen LogP contribution in [0.15, 0.2) is 95.6 Å². The second kappa shape index (κ2) is 7.35. The molecule has 0 spiro atoms. The van der Waals surface area contributed by atoms with Gasteiger partial charge in [0.15, 0.2) is 0 Å². The van der Waals surface area contributed by atoms with E-state index in [4.69, 9.17) is 12.1 Å². The van der Waals surface area contributed by atoms with E-state index < -0.39 is 11.8 Å². The summed E-state index contributed by atoms with van der Waals surface area (Å²) < 4.78 is 25.5. The van der Waals surface area contributed by atoms with Crippen molar-refractivity contribution in [2.45, 2.75) is 27.1 Å². The SMILES string of the molecule is [2H]C([2H])(c1ccc2c(-c3nc4ccccc4n3-c3ccc4ccccc4c3)coc2c1)C(C)(C)C. The van der Waals surface area contributed by atoms with Crippen LogP contribution in [0.5, 0.6) is 0 Å². The number of imidazole rings is 1. The van der Waals surface area contributed by atoms with Gasteiger partial charge < -0.3 is 4.42 Å². The molecule has 0 saturated carbocycles. The first kappa shape index (κ1) is 17.7. The quantitative estimate of drug-likeness (QED) is 0.282. The maximum Gasteiger partial charge on any atom is 0.149 e. The van der Waals surface area contributed by atoms with Crippen LogP contribution in [0.4, 0.5) is 0 Å². The summed E-state index contributed by atoms with van der Waals surface area (Å²) in [6.07, 6.45) is 0.242. The zero-order valence-electron chi connectivity index (χ0n) is 21.0. The molecule has 0 amide bonds. The van der Waals surface area contributed by atoms with Gasteiger partial charge in [-0.05, 0) is 58.5 Å². The molecule has 0 saturated heterocycles. The molecule has 6 rings (SSSR count). The zero-order chi connectivity index (χ0) is 24.4. The average molecular weight is 433 g/mol. The Balaban J connectivity index is 1.57. The molecule has 0 aliphatic rings. The Morgan fingerprint density at radius 1 is 0.879 bits per heavy atom. The fourth-order valence-corrected chi connectivity index (χ4v) is 4.50. The van der Waals surface area contributed by atoms with E-state index in [1.807, 2.05) is 63.2 Å². The number of aromatic nitrogens is 2. The van der Waals surface area contributed by atoms with Gasteiger partial charge in [0.1, 0.15) is 17.7 Å². The largest absolute Gasteiger partial charge is 0.464 e. The van der Waals surface area contributed by atoms with E-state index in [1.54, 1.807) is 6.26 Å². The summed E-state index contributed by atoms with van der Waals surface area (Å²) in [7, 11) is 0. The molecule has 162 valence electrons. The molecule has 0 bridgehead atoms. The zero-order valence-corrected chi connectivity index (χ0v) is 19.0. The fraction of sp³-hybridized carbons (Fsp3) is 0.167. The standard InChI is InChI=1S/C30H26N2O/c1-30(2,3)18-20-12-15-24-25(19-33-28(24)16-20)29-31-26-10-6-7-11-27(26)32(29)23-14-13-21-8-4-5-9-22(21)17-23/h4-17,19H,18H2,1-3H3/i18D2. The molecule has 0 radical (unpaired) electrons. The van der Waals surface area contributed by atoms with E-state index in [9.17, 15) is 0 Å². The first-order chi connectivity index (χ1) is 16.7. The molecule has 0 N–H and O–H groups in total. The predicted molar refractivity (Wildman–Crippen MR) is 137 cm³/mol. The maximum atomic E-state index is 8.66. The van der Waals surface area contributed by atoms with Gasteiger partial charge in [-0.15, -0.1) is 0 Å². The van der Waals surface area contributed by atoms with Gasteiger partial charge in [-0.3, -0.25) is 4.57 Å². The normalized spacial score (nSPS) is 13.5. The van der Waals surface area contributed by atoms with Crippen molar-refractivity contribution in [3.63, 3.8) is 0 Å². The van der Waals surface area contributed by atoms with E-state index in [0.29, 0.717) is 11.1 Å². The van der Waals surface area contributed by atoms with Crippen LogP contribution in [0.25, 0.3) is 49.9 Å².